The van der Waals surface area contributed by atoms with Gasteiger partial charge in [-0.05, 0) is 61.5 Å². The molecule has 0 amide bonds. The Balaban J connectivity index is 1.81. The zero-order chi connectivity index (χ0) is 25.9. The van der Waals surface area contributed by atoms with Gasteiger partial charge in [-0.2, -0.15) is 0 Å². The molecule has 35 heavy (non-hydrogen) atoms. The van der Waals surface area contributed by atoms with Gasteiger partial charge in [-0.25, -0.2) is 8.78 Å². The van der Waals surface area contributed by atoms with Crippen LogP contribution in [0.2, 0.25) is 0 Å². The Labute approximate surface area is 204 Å². The van der Waals surface area contributed by atoms with E-state index in [1.807, 2.05) is 20.8 Å². The third kappa shape index (κ3) is 3.57. The lowest BCUT2D eigenvalue weighted by Gasteiger charge is -2.62. The molecule has 8 heteroatoms. The number of aliphatic hydroxyl groups excluding tert-OH is 2. The van der Waals surface area contributed by atoms with E-state index in [-0.39, 0.29) is 42.3 Å². The maximum atomic E-state index is 17.6. The fourth-order valence-corrected chi connectivity index (χ4v) is 8.06. The SMILES string of the molecule is CCCCC(=O)OC1=CC(=O)C=C2[C@@H](F)C[C@H]3[C@@H]4C[C@@H](C)[C@H](C(=O)CO)[C@@]4(C)C[C@H](O)[C@]3(F)[C@]12C. The lowest BCUT2D eigenvalue weighted by atomic mass is 9.44. The Morgan fingerprint density at radius 3 is 2.51 bits per heavy atom. The molecule has 3 saturated carbocycles. The molecule has 0 aliphatic heterocycles. The lowest BCUT2D eigenvalue weighted by molar-refractivity contribution is -0.212. The van der Waals surface area contributed by atoms with Crippen molar-refractivity contribution >= 4 is 17.5 Å². The van der Waals surface area contributed by atoms with E-state index in [0.717, 1.165) is 18.6 Å². The van der Waals surface area contributed by atoms with E-state index in [4.69, 9.17) is 4.74 Å². The van der Waals surface area contributed by atoms with Crippen molar-refractivity contribution in [3.05, 3.63) is 23.5 Å². The van der Waals surface area contributed by atoms with Gasteiger partial charge in [0.25, 0.3) is 0 Å². The average Bonchev–Trinajstić information content (AvgIpc) is 3.05. The fraction of sp³-hybridized carbons (Fsp3) is 0.741. The third-order valence-corrected chi connectivity index (χ3v) is 9.56. The van der Waals surface area contributed by atoms with Gasteiger partial charge in [-0.3, -0.25) is 14.4 Å². The van der Waals surface area contributed by atoms with Gasteiger partial charge in [0.15, 0.2) is 17.2 Å². The number of ketones is 2. The number of Topliss-reactive ketones (excluding diaryl/α,β-unsaturated/α-hetero) is 1. The highest BCUT2D eigenvalue weighted by Crippen LogP contribution is 2.71. The van der Waals surface area contributed by atoms with Crippen molar-refractivity contribution in [2.24, 2.45) is 34.5 Å². The second-order valence-electron chi connectivity index (χ2n) is 11.4. The second kappa shape index (κ2) is 8.87. The Hall–Kier alpha value is -1.93. The molecule has 2 N–H and O–H groups in total. The summed E-state index contributed by atoms with van der Waals surface area (Å²) >= 11 is 0. The molecule has 9 atom stereocenters. The van der Waals surface area contributed by atoms with Gasteiger partial charge in [0.1, 0.15) is 18.5 Å². The minimum absolute atomic E-state index is 0.0593. The van der Waals surface area contributed by atoms with Crippen molar-refractivity contribution in [2.75, 3.05) is 6.61 Å². The molecule has 4 aliphatic carbocycles. The first-order valence-electron chi connectivity index (χ1n) is 12.7. The number of halogens is 2. The Morgan fingerprint density at radius 1 is 1.20 bits per heavy atom. The van der Waals surface area contributed by atoms with Crippen LogP contribution in [0.3, 0.4) is 0 Å². The number of carbonyl (C=O) groups is 3. The minimum atomic E-state index is -2.42. The standard InChI is InChI=1S/C27H36F2O6/c1-5-6-7-23(34)35-22-10-15(31)9-18-19(28)11-17-16-8-14(2)24(20(32)13-30)25(16,3)12-21(33)27(17,29)26(18,22)4/h9-10,14,16-17,19,21,24,30,33H,5-8,11-13H2,1-4H3/t14-,16+,17+,19+,21+,24-,25+,26+,27+/m1/s1. The first-order chi connectivity index (χ1) is 16.4. The molecular formula is C27H36F2O6. The normalized spacial score (nSPS) is 44.5. The molecule has 0 bridgehead atoms. The van der Waals surface area contributed by atoms with Crippen molar-refractivity contribution in [1.82, 2.24) is 0 Å². The van der Waals surface area contributed by atoms with Crippen molar-refractivity contribution in [2.45, 2.75) is 84.2 Å². The number of carbonyl (C=O) groups excluding carboxylic acids is 3. The number of hydrogen-bond donors (Lipinski definition) is 2. The van der Waals surface area contributed by atoms with E-state index in [0.29, 0.717) is 12.8 Å². The molecule has 4 aliphatic rings. The average molecular weight is 495 g/mol. The summed E-state index contributed by atoms with van der Waals surface area (Å²) in [7, 11) is 0. The number of alkyl halides is 2. The predicted octanol–water partition coefficient (Wildman–Crippen LogP) is 3.79. The number of fused-ring (bicyclic) bond motifs is 5. The zero-order valence-corrected chi connectivity index (χ0v) is 20.9. The van der Waals surface area contributed by atoms with E-state index in [1.54, 1.807) is 0 Å². The topological polar surface area (TPSA) is 101 Å². The number of ether oxygens (including phenoxy) is 1. The first kappa shape index (κ1) is 26.1. The lowest BCUT2D eigenvalue weighted by Crippen LogP contribution is -2.69. The Morgan fingerprint density at radius 2 is 1.89 bits per heavy atom. The quantitative estimate of drug-likeness (QED) is 0.545. The molecular weight excluding hydrogens is 458 g/mol. The zero-order valence-electron chi connectivity index (χ0n) is 20.9. The molecule has 0 spiro atoms. The van der Waals surface area contributed by atoms with Crippen LogP contribution in [-0.2, 0) is 19.1 Å². The van der Waals surface area contributed by atoms with Gasteiger partial charge in [0, 0.05) is 24.3 Å². The predicted molar refractivity (Wildman–Crippen MR) is 123 cm³/mol. The van der Waals surface area contributed by atoms with E-state index >= 15 is 8.78 Å². The van der Waals surface area contributed by atoms with Crippen molar-refractivity contribution in [3.8, 4) is 0 Å². The molecule has 3 fully saturated rings. The second-order valence-corrected chi connectivity index (χ2v) is 11.4. The van der Waals surface area contributed by atoms with Gasteiger partial charge in [-0.1, -0.05) is 27.2 Å². The molecule has 0 aromatic heterocycles. The highest BCUT2D eigenvalue weighted by atomic mass is 19.1. The summed E-state index contributed by atoms with van der Waals surface area (Å²) in [5.74, 6) is -3.98. The summed E-state index contributed by atoms with van der Waals surface area (Å²) in [4.78, 5) is 37.6. The number of unbranched alkanes of at least 4 members (excludes halogenated alkanes) is 1. The van der Waals surface area contributed by atoms with Crippen molar-refractivity contribution in [3.63, 3.8) is 0 Å². The number of hydrogen-bond acceptors (Lipinski definition) is 6. The summed E-state index contributed by atoms with van der Waals surface area (Å²) in [6.07, 6.45) is 0.353. The van der Waals surface area contributed by atoms with E-state index < -0.39 is 64.9 Å². The van der Waals surface area contributed by atoms with Crippen LogP contribution >= 0.6 is 0 Å². The maximum Gasteiger partial charge on any atom is 0.310 e. The summed E-state index contributed by atoms with van der Waals surface area (Å²) in [6.45, 7) is 6.38. The van der Waals surface area contributed by atoms with E-state index in [1.165, 1.54) is 6.92 Å². The highest BCUT2D eigenvalue weighted by molar-refractivity contribution is 6.02. The van der Waals surface area contributed by atoms with Gasteiger partial charge in [-0.15, -0.1) is 0 Å². The smallest absolute Gasteiger partial charge is 0.310 e. The molecule has 4 rings (SSSR count). The first-order valence-corrected chi connectivity index (χ1v) is 12.7. The molecule has 194 valence electrons. The number of aliphatic hydroxyl groups is 2. The van der Waals surface area contributed by atoms with Crippen LogP contribution < -0.4 is 0 Å². The van der Waals surface area contributed by atoms with Crippen molar-refractivity contribution in [1.29, 1.82) is 0 Å². The monoisotopic (exact) mass is 494 g/mol. The van der Waals surface area contributed by atoms with Crippen molar-refractivity contribution < 1.29 is 38.1 Å². The third-order valence-electron chi connectivity index (χ3n) is 9.56. The van der Waals surface area contributed by atoms with Crippen LogP contribution in [0, 0.1) is 34.5 Å². The molecule has 0 aromatic rings. The fourth-order valence-electron chi connectivity index (χ4n) is 8.06. The molecule has 0 radical (unpaired) electrons. The van der Waals surface area contributed by atoms with Crippen LogP contribution in [0.15, 0.2) is 23.5 Å². The Bertz CT molecular complexity index is 990. The molecule has 0 saturated heterocycles. The van der Waals surface area contributed by atoms with Crippen LogP contribution in [0.4, 0.5) is 8.78 Å². The van der Waals surface area contributed by atoms with Crippen LogP contribution in [0.1, 0.15) is 66.2 Å². The van der Waals surface area contributed by atoms with Gasteiger partial charge in [0.2, 0.25) is 0 Å². The highest BCUT2D eigenvalue weighted by Gasteiger charge is 2.75. The Kier molecular flexibility index (Phi) is 6.63. The molecule has 6 nitrogen and oxygen atoms in total. The largest absolute Gasteiger partial charge is 0.430 e. The van der Waals surface area contributed by atoms with Gasteiger partial charge < -0.3 is 14.9 Å². The molecule has 0 unspecified atom stereocenters. The van der Waals surface area contributed by atoms with Crippen LogP contribution in [0.5, 0.6) is 0 Å². The molecule has 0 heterocycles. The van der Waals surface area contributed by atoms with Crippen LogP contribution in [-0.4, -0.2) is 52.3 Å². The van der Waals surface area contributed by atoms with Gasteiger partial charge in [0.05, 0.1) is 11.5 Å². The van der Waals surface area contributed by atoms with E-state index in [2.05, 4.69) is 0 Å². The summed E-state index contributed by atoms with van der Waals surface area (Å²) in [6, 6.07) is 0. The minimum Gasteiger partial charge on any atom is -0.430 e. The van der Waals surface area contributed by atoms with E-state index in [9.17, 15) is 24.6 Å². The number of allylic oxidation sites excluding steroid dienone is 3. The van der Waals surface area contributed by atoms with Crippen LogP contribution in [0.25, 0.3) is 0 Å². The molecule has 0 aromatic carbocycles. The number of rotatable bonds is 6. The number of esters is 1. The summed E-state index contributed by atoms with van der Waals surface area (Å²) < 4.78 is 38.9. The summed E-state index contributed by atoms with van der Waals surface area (Å²) in [5, 5.41) is 21.0. The maximum absolute atomic E-state index is 17.6. The van der Waals surface area contributed by atoms with Gasteiger partial charge >= 0.3 is 5.97 Å². The summed E-state index contributed by atoms with van der Waals surface area (Å²) in [5.41, 5.74) is -5.20.